The molecule has 0 aromatic heterocycles. The molecule has 0 heterocycles. The Morgan fingerprint density at radius 2 is 1.10 bits per heavy atom. The van der Waals surface area contributed by atoms with E-state index in [1.807, 2.05) is 0 Å². The molecule has 30 heavy (non-hydrogen) atoms. The predicted octanol–water partition coefficient (Wildman–Crippen LogP) is 3.04. The van der Waals surface area contributed by atoms with Gasteiger partial charge in [-0.25, -0.2) is 27.2 Å². The first-order valence-electron chi connectivity index (χ1n) is 8.33. The number of anilines is 2. The van der Waals surface area contributed by atoms with Crippen LogP contribution in [0.3, 0.4) is 0 Å². The predicted molar refractivity (Wildman–Crippen MR) is 95.7 cm³/mol. The first kappa shape index (κ1) is 22.6. The summed E-state index contributed by atoms with van der Waals surface area (Å²) in [4.78, 5) is 21.7. The summed E-state index contributed by atoms with van der Waals surface area (Å²) in [5.74, 6) is -10.2. The van der Waals surface area contributed by atoms with E-state index in [-0.39, 0.29) is 26.1 Å². The molecule has 2 aromatic carbocycles. The minimum absolute atomic E-state index is 0.130. The van der Waals surface area contributed by atoms with Gasteiger partial charge < -0.3 is 31.2 Å². The van der Waals surface area contributed by atoms with Gasteiger partial charge >= 0.3 is 11.9 Å². The fourth-order valence-electron chi connectivity index (χ4n) is 2.40. The molecular formula is C18H16F4N2O6. The molecule has 0 saturated carbocycles. The van der Waals surface area contributed by atoms with Crippen LogP contribution in [-0.2, 0) is 0 Å². The van der Waals surface area contributed by atoms with Crippen molar-refractivity contribution in [1.82, 2.24) is 0 Å². The average molecular weight is 432 g/mol. The number of halogens is 4. The Morgan fingerprint density at radius 1 is 0.767 bits per heavy atom. The summed E-state index contributed by atoms with van der Waals surface area (Å²) in [7, 11) is 0. The molecule has 12 heteroatoms. The van der Waals surface area contributed by atoms with Crippen molar-refractivity contribution >= 4 is 23.3 Å². The van der Waals surface area contributed by atoms with Gasteiger partial charge in [-0.2, -0.15) is 0 Å². The smallest absolute Gasteiger partial charge is 0.338 e. The van der Waals surface area contributed by atoms with E-state index in [9.17, 15) is 27.2 Å². The molecule has 8 nitrogen and oxygen atoms in total. The fraction of sp³-hybridized carbons (Fsp3) is 0.222. The van der Waals surface area contributed by atoms with Gasteiger partial charge in [0.2, 0.25) is 0 Å². The minimum Gasteiger partial charge on any atom is -0.488 e. The quantitative estimate of drug-likeness (QED) is 0.269. The third kappa shape index (κ3) is 4.64. The van der Waals surface area contributed by atoms with Gasteiger partial charge in [-0.05, 0) is 25.0 Å². The van der Waals surface area contributed by atoms with Crippen molar-refractivity contribution in [3.63, 3.8) is 0 Å². The van der Waals surface area contributed by atoms with E-state index in [1.165, 1.54) is 0 Å². The van der Waals surface area contributed by atoms with Crippen molar-refractivity contribution in [2.24, 2.45) is 0 Å². The van der Waals surface area contributed by atoms with Crippen LogP contribution in [0.15, 0.2) is 12.1 Å². The fourth-order valence-corrected chi connectivity index (χ4v) is 2.40. The summed E-state index contributed by atoms with van der Waals surface area (Å²) in [6, 6.07) is 1.05. The zero-order chi connectivity index (χ0) is 22.6. The van der Waals surface area contributed by atoms with Gasteiger partial charge in [-0.3, -0.25) is 0 Å². The monoisotopic (exact) mass is 432 g/mol. The van der Waals surface area contributed by atoms with Crippen LogP contribution in [0, 0.1) is 23.3 Å². The van der Waals surface area contributed by atoms with Gasteiger partial charge in [-0.15, -0.1) is 0 Å². The van der Waals surface area contributed by atoms with E-state index < -0.39 is 69.2 Å². The maximum absolute atomic E-state index is 14.0. The summed E-state index contributed by atoms with van der Waals surface area (Å²) in [5.41, 5.74) is 7.54. The van der Waals surface area contributed by atoms with Crippen molar-refractivity contribution in [3.05, 3.63) is 46.5 Å². The molecule has 0 atom stereocenters. The van der Waals surface area contributed by atoms with Crippen molar-refractivity contribution < 1.29 is 46.8 Å². The summed E-state index contributed by atoms with van der Waals surface area (Å²) in [6.07, 6.45) is 0.261. The first-order valence-corrected chi connectivity index (χ1v) is 8.33. The highest BCUT2D eigenvalue weighted by Crippen LogP contribution is 2.31. The molecule has 2 aromatic rings. The van der Waals surface area contributed by atoms with Gasteiger partial charge in [0.1, 0.15) is 0 Å². The number of nitrogens with two attached hydrogens (primary N) is 2. The molecule has 0 amide bonds. The van der Waals surface area contributed by atoms with E-state index in [2.05, 4.69) is 0 Å². The number of carboxylic acids is 2. The molecule has 0 radical (unpaired) electrons. The van der Waals surface area contributed by atoms with Crippen LogP contribution >= 0.6 is 0 Å². The number of aromatic carboxylic acids is 2. The van der Waals surface area contributed by atoms with Crippen LogP contribution < -0.4 is 20.9 Å². The Balaban J connectivity index is 1.92. The number of hydrogen-bond acceptors (Lipinski definition) is 6. The van der Waals surface area contributed by atoms with Crippen LogP contribution in [0.2, 0.25) is 0 Å². The Morgan fingerprint density at radius 3 is 1.40 bits per heavy atom. The third-order valence-corrected chi connectivity index (χ3v) is 3.92. The standard InChI is InChI=1S/C18H16F4N2O6/c19-9-5-7(17(25)26)13(23)11(21)15(9)29-3-1-2-4-30-16-10(20)6-8(18(27)28)14(24)12(16)22/h5-6H,1-4,23-24H2,(H,25,26)(H,27,28). The van der Waals surface area contributed by atoms with Crippen LogP contribution in [0.4, 0.5) is 28.9 Å². The molecule has 0 unspecified atom stereocenters. The zero-order valence-corrected chi connectivity index (χ0v) is 15.2. The number of carbonyl (C=O) groups is 2. The number of hydrogen-bond donors (Lipinski definition) is 4. The van der Waals surface area contributed by atoms with Crippen LogP contribution in [0.25, 0.3) is 0 Å². The molecule has 6 N–H and O–H groups in total. The number of carboxylic acid groups (broad SMARTS) is 2. The lowest BCUT2D eigenvalue weighted by Crippen LogP contribution is -2.11. The number of ether oxygens (including phenoxy) is 2. The molecule has 0 spiro atoms. The SMILES string of the molecule is Nc1c(C(=O)O)cc(F)c(OCCCCOc2c(F)cc(C(=O)O)c(N)c2F)c1F. The molecule has 0 fully saturated rings. The van der Waals surface area contributed by atoms with Gasteiger partial charge in [0, 0.05) is 0 Å². The molecule has 2 rings (SSSR count). The second kappa shape index (κ2) is 9.20. The first-order chi connectivity index (χ1) is 14.1. The summed E-state index contributed by atoms with van der Waals surface area (Å²) in [5, 5.41) is 17.6. The van der Waals surface area contributed by atoms with E-state index >= 15 is 0 Å². The van der Waals surface area contributed by atoms with Crippen LogP contribution in [0.1, 0.15) is 33.6 Å². The Hall–Kier alpha value is -3.70. The summed E-state index contributed by atoms with van der Waals surface area (Å²) >= 11 is 0. The second-order valence-corrected chi connectivity index (χ2v) is 5.94. The van der Waals surface area contributed by atoms with Gasteiger partial charge in [-0.1, -0.05) is 0 Å². The lowest BCUT2D eigenvalue weighted by atomic mass is 10.1. The molecule has 162 valence electrons. The lowest BCUT2D eigenvalue weighted by Gasteiger charge is -2.13. The highest BCUT2D eigenvalue weighted by molar-refractivity contribution is 5.94. The Kier molecular flexibility index (Phi) is 6.93. The molecule has 0 bridgehead atoms. The molecule has 0 aliphatic carbocycles. The maximum Gasteiger partial charge on any atom is 0.338 e. The number of benzene rings is 2. The van der Waals surface area contributed by atoms with Crippen molar-refractivity contribution in [2.75, 3.05) is 24.7 Å². The third-order valence-electron chi connectivity index (χ3n) is 3.92. The molecular weight excluding hydrogens is 416 g/mol. The molecule has 0 aliphatic rings. The lowest BCUT2D eigenvalue weighted by molar-refractivity contribution is 0.0686. The molecule has 0 saturated heterocycles. The van der Waals surface area contributed by atoms with Crippen molar-refractivity contribution in [1.29, 1.82) is 0 Å². The van der Waals surface area contributed by atoms with E-state index in [0.29, 0.717) is 12.1 Å². The number of unbranched alkanes of at least 4 members (excludes halogenated alkanes) is 1. The number of nitrogen functional groups attached to an aromatic ring is 2. The Bertz CT molecular complexity index is 920. The molecule has 0 aliphatic heterocycles. The maximum atomic E-state index is 14.0. The van der Waals surface area contributed by atoms with E-state index in [0.717, 1.165) is 0 Å². The Labute approximate surface area is 166 Å². The topological polar surface area (TPSA) is 145 Å². The van der Waals surface area contributed by atoms with E-state index in [4.69, 9.17) is 31.2 Å². The highest BCUT2D eigenvalue weighted by atomic mass is 19.1. The van der Waals surface area contributed by atoms with Gasteiger partial charge in [0.15, 0.2) is 34.8 Å². The zero-order valence-electron chi connectivity index (χ0n) is 15.2. The van der Waals surface area contributed by atoms with Crippen molar-refractivity contribution in [2.45, 2.75) is 12.8 Å². The second-order valence-electron chi connectivity index (χ2n) is 5.94. The number of rotatable bonds is 9. The normalized spacial score (nSPS) is 10.7. The van der Waals surface area contributed by atoms with Crippen LogP contribution in [0.5, 0.6) is 11.5 Å². The minimum atomic E-state index is -1.61. The largest absolute Gasteiger partial charge is 0.488 e. The summed E-state index contributed by atoms with van der Waals surface area (Å²) in [6.45, 7) is -0.484. The van der Waals surface area contributed by atoms with Gasteiger partial charge in [0.05, 0.1) is 35.7 Å². The van der Waals surface area contributed by atoms with Crippen LogP contribution in [-0.4, -0.2) is 35.4 Å². The average Bonchev–Trinajstić information content (AvgIpc) is 2.67. The highest BCUT2D eigenvalue weighted by Gasteiger charge is 2.22. The van der Waals surface area contributed by atoms with Gasteiger partial charge in [0.25, 0.3) is 0 Å². The summed E-state index contributed by atoms with van der Waals surface area (Å²) < 4.78 is 65.5. The van der Waals surface area contributed by atoms with Crippen molar-refractivity contribution in [3.8, 4) is 11.5 Å². The van der Waals surface area contributed by atoms with E-state index in [1.54, 1.807) is 0 Å².